The van der Waals surface area contributed by atoms with Crippen LogP contribution in [0.2, 0.25) is 0 Å². The maximum absolute atomic E-state index is 12.3. The number of ether oxygens (including phenoxy) is 2. The Hall–Kier alpha value is -4.57. The highest BCUT2D eigenvalue weighted by Gasteiger charge is 2.12. The van der Waals surface area contributed by atoms with E-state index in [0.29, 0.717) is 40.2 Å². The Bertz CT molecular complexity index is 1420. The molecule has 0 fully saturated rings. The summed E-state index contributed by atoms with van der Waals surface area (Å²) in [6.45, 7) is 4.85. The van der Waals surface area contributed by atoms with E-state index in [-0.39, 0.29) is 18.2 Å². The Labute approximate surface area is 224 Å². The predicted octanol–water partition coefficient (Wildman–Crippen LogP) is 4.56. The van der Waals surface area contributed by atoms with Gasteiger partial charge in [0.25, 0.3) is 5.91 Å². The molecule has 0 radical (unpaired) electrons. The summed E-state index contributed by atoms with van der Waals surface area (Å²) in [6, 6.07) is 22.1. The second-order valence-corrected chi connectivity index (χ2v) is 9.33. The number of anilines is 1. The number of amides is 2. The average molecular weight is 530 g/mol. The maximum Gasteiger partial charge on any atom is 0.257 e. The fourth-order valence-corrected chi connectivity index (χ4v) is 4.05. The van der Waals surface area contributed by atoms with Crippen molar-refractivity contribution in [3.05, 3.63) is 100 Å². The summed E-state index contributed by atoms with van der Waals surface area (Å²) < 4.78 is 11.6. The predicted molar refractivity (Wildman–Crippen MR) is 147 cm³/mol. The molecule has 0 aliphatic heterocycles. The molecule has 2 N–H and O–H groups in total. The van der Waals surface area contributed by atoms with E-state index in [4.69, 9.17) is 9.47 Å². The molecule has 4 aromatic rings. The van der Waals surface area contributed by atoms with Gasteiger partial charge in [-0.1, -0.05) is 47.7 Å². The first-order valence-corrected chi connectivity index (χ1v) is 12.7. The molecule has 0 saturated heterocycles. The van der Waals surface area contributed by atoms with Gasteiger partial charge in [-0.25, -0.2) is 5.43 Å². The number of hydrogen-bond donors (Lipinski definition) is 2. The van der Waals surface area contributed by atoms with Crippen molar-refractivity contribution in [2.24, 2.45) is 5.10 Å². The summed E-state index contributed by atoms with van der Waals surface area (Å²) >= 11 is 1.13. The first kappa shape index (κ1) is 26.5. The molecule has 10 heteroatoms. The van der Waals surface area contributed by atoms with Crippen LogP contribution in [-0.2, 0) is 11.2 Å². The smallest absolute Gasteiger partial charge is 0.257 e. The normalized spacial score (nSPS) is 10.8. The van der Waals surface area contributed by atoms with E-state index in [2.05, 4.69) is 33.0 Å². The third kappa shape index (κ3) is 7.71. The standard InChI is InChI=1S/C28H27N5O4S/c1-19-12-13-23(16-20(19)2)36-14-15-37-24-11-7-6-10-22(24)18-29-31-25(34)17-26-32-33-28(38-26)30-27(35)21-8-4-3-5-9-21/h3-13,16,18H,14-15,17H2,1-2H3,(H,31,34)(H,30,33,35)/b29-18-. The van der Waals surface area contributed by atoms with Crippen molar-refractivity contribution in [1.29, 1.82) is 0 Å². The summed E-state index contributed by atoms with van der Waals surface area (Å²) in [5.41, 5.74) is 6.09. The third-order valence-corrected chi connectivity index (χ3v) is 6.27. The molecular formula is C28H27N5O4S. The quantitative estimate of drug-likeness (QED) is 0.167. The number of hydrazone groups is 1. The van der Waals surface area contributed by atoms with Crippen molar-refractivity contribution < 1.29 is 19.1 Å². The minimum atomic E-state index is -0.362. The van der Waals surface area contributed by atoms with Crippen LogP contribution in [0.3, 0.4) is 0 Å². The lowest BCUT2D eigenvalue weighted by Gasteiger charge is -2.11. The Kier molecular flexibility index (Phi) is 9.14. The molecule has 194 valence electrons. The molecule has 9 nitrogen and oxygen atoms in total. The molecule has 1 aromatic heterocycles. The zero-order valence-electron chi connectivity index (χ0n) is 21.0. The largest absolute Gasteiger partial charge is 0.490 e. The van der Waals surface area contributed by atoms with Gasteiger partial charge < -0.3 is 9.47 Å². The van der Waals surface area contributed by atoms with E-state index in [1.807, 2.05) is 55.5 Å². The zero-order chi connectivity index (χ0) is 26.7. The number of carbonyl (C=O) groups excluding carboxylic acids is 2. The maximum atomic E-state index is 12.3. The number of carbonyl (C=O) groups is 2. The number of nitrogens with zero attached hydrogens (tertiary/aromatic N) is 3. The highest BCUT2D eigenvalue weighted by molar-refractivity contribution is 7.15. The van der Waals surface area contributed by atoms with Crippen LogP contribution in [0.15, 0.2) is 77.9 Å². The Balaban J connectivity index is 1.23. The van der Waals surface area contributed by atoms with Crippen molar-refractivity contribution in [1.82, 2.24) is 15.6 Å². The second kappa shape index (κ2) is 13.1. The van der Waals surface area contributed by atoms with Gasteiger partial charge in [-0.15, -0.1) is 10.2 Å². The van der Waals surface area contributed by atoms with Gasteiger partial charge in [-0.2, -0.15) is 5.10 Å². The number of aryl methyl sites for hydroxylation is 2. The van der Waals surface area contributed by atoms with E-state index < -0.39 is 0 Å². The molecule has 0 aliphatic carbocycles. The molecule has 2 amide bonds. The molecule has 0 bridgehead atoms. The van der Waals surface area contributed by atoms with Gasteiger partial charge in [0.2, 0.25) is 11.0 Å². The van der Waals surface area contributed by atoms with E-state index in [1.54, 1.807) is 24.3 Å². The summed E-state index contributed by atoms with van der Waals surface area (Å²) in [7, 11) is 0. The SMILES string of the molecule is Cc1ccc(OCCOc2ccccc2/C=N\NC(=O)Cc2nnc(NC(=O)c3ccccc3)s2)cc1C. The van der Waals surface area contributed by atoms with Crippen molar-refractivity contribution in [2.45, 2.75) is 20.3 Å². The lowest BCUT2D eigenvalue weighted by Crippen LogP contribution is -2.19. The molecule has 4 rings (SSSR count). The van der Waals surface area contributed by atoms with Crippen LogP contribution in [0.4, 0.5) is 5.13 Å². The Morgan fingerprint density at radius 1 is 0.921 bits per heavy atom. The van der Waals surface area contributed by atoms with Gasteiger partial charge in [0.05, 0.1) is 12.6 Å². The highest BCUT2D eigenvalue weighted by atomic mass is 32.1. The van der Waals surface area contributed by atoms with Crippen LogP contribution in [0.1, 0.15) is 32.1 Å². The highest BCUT2D eigenvalue weighted by Crippen LogP contribution is 2.19. The van der Waals surface area contributed by atoms with E-state index in [9.17, 15) is 9.59 Å². The van der Waals surface area contributed by atoms with Crippen molar-refractivity contribution in [3.8, 4) is 11.5 Å². The fourth-order valence-electron chi connectivity index (χ4n) is 3.32. The molecule has 38 heavy (non-hydrogen) atoms. The van der Waals surface area contributed by atoms with E-state index in [0.717, 1.165) is 17.1 Å². The van der Waals surface area contributed by atoms with Gasteiger partial charge in [-0.3, -0.25) is 14.9 Å². The van der Waals surface area contributed by atoms with Gasteiger partial charge in [-0.05, 0) is 61.4 Å². The summed E-state index contributed by atoms with van der Waals surface area (Å²) in [5, 5.41) is 15.4. The lowest BCUT2D eigenvalue weighted by atomic mass is 10.1. The molecular weight excluding hydrogens is 502 g/mol. The number of nitrogens with one attached hydrogen (secondary N) is 2. The van der Waals surface area contributed by atoms with Crippen molar-refractivity contribution >= 4 is 34.5 Å². The van der Waals surface area contributed by atoms with Gasteiger partial charge >= 0.3 is 0 Å². The number of hydrogen-bond acceptors (Lipinski definition) is 8. The van der Waals surface area contributed by atoms with Crippen molar-refractivity contribution in [3.63, 3.8) is 0 Å². The number of para-hydroxylation sites is 1. The molecule has 0 unspecified atom stereocenters. The summed E-state index contributed by atoms with van der Waals surface area (Å²) in [4.78, 5) is 24.5. The monoisotopic (exact) mass is 529 g/mol. The van der Waals surface area contributed by atoms with Crippen LogP contribution in [0.25, 0.3) is 0 Å². The number of benzene rings is 3. The summed E-state index contributed by atoms with van der Waals surface area (Å²) in [5.74, 6) is 0.770. The fraction of sp³-hybridized carbons (Fsp3) is 0.179. The van der Waals surface area contributed by atoms with Gasteiger partial charge in [0.1, 0.15) is 29.7 Å². The molecule has 0 saturated carbocycles. The van der Waals surface area contributed by atoms with Crippen LogP contribution in [0, 0.1) is 13.8 Å². The lowest BCUT2D eigenvalue weighted by molar-refractivity contribution is -0.120. The number of aromatic nitrogens is 2. The topological polar surface area (TPSA) is 115 Å². The average Bonchev–Trinajstić information content (AvgIpc) is 3.36. The third-order valence-electron chi connectivity index (χ3n) is 5.43. The Morgan fingerprint density at radius 3 is 2.50 bits per heavy atom. The molecule has 3 aromatic carbocycles. The second-order valence-electron chi connectivity index (χ2n) is 8.27. The zero-order valence-corrected chi connectivity index (χ0v) is 21.8. The van der Waals surface area contributed by atoms with E-state index >= 15 is 0 Å². The molecule has 0 aliphatic rings. The van der Waals surface area contributed by atoms with Gasteiger partial charge in [0, 0.05) is 11.1 Å². The number of rotatable bonds is 11. The molecule has 0 spiro atoms. The minimum Gasteiger partial charge on any atom is -0.490 e. The minimum absolute atomic E-state index is 0.0236. The van der Waals surface area contributed by atoms with Crippen LogP contribution in [-0.4, -0.2) is 41.4 Å². The first-order valence-electron chi connectivity index (χ1n) is 11.9. The van der Waals surface area contributed by atoms with Crippen LogP contribution < -0.4 is 20.2 Å². The molecule has 0 atom stereocenters. The summed E-state index contributed by atoms with van der Waals surface area (Å²) in [6.07, 6.45) is 1.49. The van der Waals surface area contributed by atoms with Gasteiger partial charge in [0.15, 0.2) is 0 Å². The first-order chi connectivity index (χ1) is 18.5. The van der Waals surface area contributed by atoms with Crippen LogP contribution >= 0.6 is 11.3 Å². The van der Waals surface area contributed by atoms with E-state index in [1.165, 1.54) is 17.3 Å². The van der Waals surface area contributed by atoms with Crippen molar-refractivity contribution in [2.75, 3.05) is 18.5 Å². The Morgan fingerprint density at radius 2 is 1.68 bits per heavy atom. The van der Waals surface area contributed by atoms with Crippen LogP contribution in [0.5, 0.6) is 11.5 Å². The molecule has 1 heterocycles.